The number of nitrogens with one attached hydrogen (secondary N) is 1. The van der Waals surface area contributed by atoms with E-state index < -0.39 is 46.5 Å². The zero-order valence-electron chi connectivity index (χ0n) is 25.5. The lowest BCUT2D eigenvalue weighted by atomic mass is 10.0. The van der Waals surface area contributed by atoms with Crippen LogP contribution in [-0.4, -0.2) is 60.8 Å². The Morgan fingerprint density at radius 2 is 1.23 bits per heavy atom. The summed E-state index contributed by atoms with van der Waals surface area (Å²) in [6.45, 7) is 1.72. The fourth-order valence-corrected chi connectivity index (χ4v) is 4.63. The molecule has 10 nitrogen and oxygen atoms in total. The Hall–Kier alpha value is -1.98. The second-order valence-electron chi connectivity index (χ2n) is 10.8. The van der Waals surface area contributed by atoms with Gasteiger partial charge in [-0.2, -0.15) is 0 Å². The van der Waals surface area contributed by atoms with Crippen molar-refractivity contribution in [1.29, 1.82) is 0 Å². The number of aliphatic carboxylic acids is 1. The van der Waals surface area contributed by atoms with Crippen molar-refractivity contribution in [2.45, 2.75) is 139 Å². The van der Waals surface area contributed by atoms with Crippen LogP contribution in [0.3, 0.4) is 0 Å². The summed E-state index contributed by atoms with van der Waals surface area (Å²) >= 11 is 10.7. The van der Waals surface area contributed by atoms with Crippen LogP contribution < -0.4 is 5.32 Å². The fourth-order valence-electron chi connectivity index (χ4n) is 4.50. The molecular formula is C31H52Cl2N2O8. The van der Waals surface area contributed by atoms with Gasteiger partial charge in [-0.3, -0.25) is 14.9 Å². The molecule has 0 saturated carbocycles. The van der Waals surface area contributed by atoms with Crippen molar-refractivity contribution in [2.75, 3.05) is 6.61 Å². The van der Waals surface area contributed by atoms with Crippen molar-refractivity contribution in [2.24, 2.45) is 0 Å². The molecule has 0 aromatic heterocycles. The number of carboxylic acids is 1. The molecule has 43 heavy (non-hydrogen) atoms. The van der Waals surface area contributed by atoms with Gasteiger partial charge in [0.05, 0.1) is 17.6 Å². The Bertz CT molecular complexity index is 874. The van der Waals surface area contributed by atoms with E-state index in [2.05, 4.69) is 12.2 Å². The SMILES string of the molecule is CCCCCCCCCCCCCCCCCCC(O)C(=O)O.O=C(N[C@H](CO)[C@H](O)c1ccc([N+](=O)[O-])cc1)C(Cl)Cl. The third-order valence-corrected chi connectivity index (χ3v) is 7.56. The number of benzene rings is 1. The van der Waals surface area contributed by atoms with Gasteiger partial charge in [0.2, 0.25) is 0 Å². The summed E-state index contributed by atoms with van der Waals surface area (Å²) in [5, 5.41) is 49.6. The number of halogens is 2. The van der Waals surface area contributed by atoms with Crippen LogP contribution in [0.2, 0.25) is 0 Å². The van der Waals surface area contributed by atoms with Gasteiger partial charge in [0.15, 0.2) is 10.9 Å². The Balaban J connectivity index is 0.000000827. The smallest absolute Gasteiger partial charge is 0.332 e. The predicted molar refractivity (Wildman–Crippen MR) is 170 cm³/mol. The molecule has 0 aliphatic carbocycles. The average molecular weight is 652 g/mol. The first-order valence-corrected chi connectivity index (χ1v) is 16.4. The molecule has 1 aromatic rings. The number of carboxylic acid groups (broad SMARTS) is 1. The zero-order valence-corrected chi connectivity index (χ0v) is 27.0. The van der Waals surface area contributed by atoms with Crippen molar-refractivity contribution in [3.05, 3.63) is 39.9 Å². The number of alkyl halides is 2. The molecule has 0 radical (unpaired) electrons. The van der Waals surface area contributed by atoms with Crippen molar-refractivity contribution in [3.63, 3.8) is 0 Å². The number of non-ortho nitro benzene ring substituents is 1. The highest BCUT2D eigenvalue weighted by molar-refractivity contribution is 6.53. The predicted octanol–water partition coefficient (Wildman–Crippen LogP) is 6.99. The second-order valence-corrected chi connectivity index (χ2v) is 11.9. The number of nitro benzene ring substituents is 1. The molecule has 0 aliphatic rings. The molecule has 0 spiro atoms. The molecule has 1 rings (SSSR count). The first-order chi connectivity index (χ1) is 20.5. The molecule has 0 aliphatic heterocycles. The molecule has 0 saturated heterocycles. The van der Waals surface area contributed by atoms with Gasteiger partial charge < -0.3 is 25.7 Å². The summed E-state index contributed by atoms with van der Waals surface area (Å²) in [6, 6.07) is 4.05. The molecule has 5 N–H and O–H groups in total. The maximum atomic E-state index is 11.3. The van der Waals surface area contributed by atoms with Gasteiger partial charge in [-0.15, -0.1) is 0 Å². The number of aliphatic hydroxyl groups excluding tert-OH is 3. The van der Waals surface area contributed by atoms with Crippen molar-refractivity contribution in [3.8, 4) is 0 Å². The van der Waals surface area contributed by atoms with E-state index in [0.717, 1.165) is 12.8 Å². The van der Waals surface area contributed by atoms with Crippen LogP contribution in [0.5, 0.6) is 0 Å². The van der Waals surface area contributed by atoms with Crippen LogP contribution in [0.1, 0.15) is 128 Å². The van der Waals surface area contributed by atoms with Gasteiger partial charge in [0, 0.05) is 12.1 Å². The van der Waals surface area contributed by atoms with E-state index in [-0.39, 0.29) is 5.69 Å². The van der Waals surface area contributed by atoms with E-state index in [0.29, 0.717) is 12.0 Å². The topological polar surface area (TPSA) is 170 Å². The highest BCUT2D eigenvalue weighted by Gasteiger charge is 2.25. The Kier molecular flexibility index (Phi) is 25.2. The quantitative estimate of drug-likeness (QED) is 0.0345. The van der Waals surface area contributed by atoms with Gasteiger partial charge >= 0.3 is 5.97 Å². The van der Waals surface area contributed by atoms with E-state index in [1.807, 2.05) is 0 Å². The molecule has 1 unspecified atom stereocenters. The van der Waals surface area contributed by atoms with Crippen LogP contribution in [0.25, 0.3) is 0 Å². The minimum Gasteiger partial charge on any atom is -0.479 e. The van der Waals surface area contributed by atoms with Crippen LogP contribution in [-0.2, 0) is 9.59 Å². The van der Waals surface area contributed by atoms with Crippen LogP contribution in [0.4, 0.5) is 5.69 Å². The van der Waals surface area contributed by atoms with Gasteiger partial charge in [0.1, 0.15) is 6.10 Å². The molecule has 3 atom stereocenters. The van der Waals surface area contributed by atoms with Crippen LogP contribution >= 0.6 is 23.2 Å². The number of aliphatic hydroxyl groups is 3. The molecule has 12 heteroatoms. The lowest BCUT2D eigenvalue weighted by Gasteiger charge is -2.22. The molecular weight excluding hydrogens is 599 g/mol. The maximum Gasteiger partial charge on any atom is 0.332 e. The summed E-state index contributed by atoms with van der Waals surface area (Å²) in [5.41, 5.74) is 0.169. The van der Waals surface area contributed by atoms with E-state index in [1.165, 1.54) is 114 Å². The first-order valence-electron chi connectivity index (χ1n) is 15.6. The molecule has 0 fully saturated rings. The number of hydrogen-bond donors (Lipinski definition) is 5. The number of hydrogen-bond acceptors (Lipinski definition) is 7. The van der Waals surface area contributed by atoms with E-state index in [4.69, 9.17) is 38.5 Å². The van der Waals surface area contributed by atoms with Crippen molar-refractivity contribution < 1.29 is 34.9 Å². The fraction of sp³-hybridized carbons (Fsp3) is 0.742. The highest BCUT2D eigenvalue weighted by atomic mass is 35.5. The first kappa shape index (κ1) is 41.0. The summed E-state index contributed by atoms with van der Waals surface area (Å²) in [5.74, 6) is -1.85. The lowest BCUT2D eigenvalue weighted by molar-refractivity contribution is -0.384. The van der Waals surface area contributed by atoms with E-state index in [9.17, 15) is 24.8 Å². The van der Waals surface area contributed by atoms with Gasteiger partial charge in [-0.05, 0) is 24.1 Å². The number of carbonyl (C=O) groups is 2. The summed E-state index contributed by atoms with van der Waals surface area (Å²) in [4.78, 5) is 30.4. The second kappa shape index (κ2) is 26.4. The Morgan fingerprint density at radius 1 is 0.814 bits per heavy atom. The maximum absolute atomic E-state index is 11.3. The normalized spacial score (nSPS) is 13.1. The molecule has 248 valence electrons. The van der Waals surface area contributed by atoms with Gasteiger partial charge in [0.25, 0.3) is 11.6 Å². The molecule has 1 aromatic carbocycles. The number of unbranched alkanes of at least 4 members (excludes halogenated alkanes) is 15. The van der Waals surface area contributed by atoms with Crippen LogP contribution in [0, 0.1) is 10.1 Å². The monoisotopic (exact) mass is 650 g/mol. The third-order valence-electron chi connectivity index (χ3n) is 7.17. The number of amides is 1. The van der Waals surface area contributed by atoms with Gasteiger partial charge in [-0.1, -0.05) is 133 Å². The Morgan fingerprint density at radius 3 is 1.58 bits per heavy atom. The number of carbonyl (C=O) groups excluding carboxylic acids is 1. The van der Waals surface area contributed by atoms with E-state index >= 15 is 0 Å². The lowest BCUT2D eigenvalue weighted by Crippen LogP contribution is -2.44. The number of nitrogens with zero attached hydrogens (tertiary/aromatic N) is 1. The van der Waals surface area contributed by atoms with Crippen molar-refractivity contribution >= 4 is 40.8 Å². The number of nitro groups is 1. The summed E-state index contributed by atoms with van der Waals surface area (Å²) in [7, 11) is 0. The number of rotatable bonds is 24. The van der Waals surface area contributed by atoms with Crippen molar-refractivity contribution in [1.82, 2.24) is 5.32 Å². The average Bonchev–Trinajstić information content (AvgIpc) is 2.99. The largest absolute Gasteiger partial charge is 0.479 e. The molecule has 0 bridgehead atoms. The molecule has 1 amide bonds. The minimum atomic E-state index is -1.33. The Labute approximate surface area is 266 Å². The standard InChI is InChI=1S/C20H40O3.C11H12Cl2N2O5/c1-2-3-4-5-6-7-8-9-10-11-12-13-14-15-16-17-18-19(21)20(22)23;12-10(13)11(18)14-8(5-16)9(17)6-1-3-7(4-2-6)15(19)20/h19,21H,2-18H2,1H3,(H,22,23);1-4,8-10,16-17H,5H2,(H,14,18)/t;8-,9-/m.1/s1. The zero-order chi connectivity index (χ0) is 32.5. The minimum absolute atomic E-state index is 0.132. The third kappa shape index (κ3) is 21.4. The summed E-state index contributed by atoms with van der Waals surface area (Å²) < 4.78 is 0. The highest BCUT2D eigenvalue weighted by Crippen LogP contribution is 2.21. The van der Waals surface area contributed by atoms with Gasteiger partial charge in [-0.25, -0.2) is 4.79 Å². The van der Waals surface area contributed by atoms with E-state index in [1.54, 1.807) is 0 Å². The van der Waals surface area contributed by atoms with Crippen LogP contribution in [0.15, 0.2) is 24.3 Å². The molecule has 0 heterocycles. The summed E-state index contributed by atoms with van der Waals surface area (Å²) in [6.07, 6.45) is 18.9.